The van der Waals surface area contributed by atoms with Gasteiger partial charge in [-0.25, -0.2) is 4.59 Å². The van der Waals surface area contributed by atoms with Crippen molar-refractivity contribution >= 4 is 5.91 Å². The minimum atomic E-state index is -0.172. The van der Waals surface area contributed by atoms with Crippen molar-refractivity contribution in [2.75, 3.05) is 20.7 Å². The first-order chi connectivity index (χ1) is 6.85. The highest BCUT2D eigenvalue weighted by Gasteiger charge is 2.29. The first kappa shape index (κ1) is 14.1. The standard InChI is InChI=1S/C11H22N2O2/c1-6-7-10(8-14)13(4,5)12-11(15)9(2)3/h10,14H,2,6-8H2,1,3-5H3/p+1. The second-order valence-electron chi connectivity index (χ2n) is 4.39. The first-order valence-corrected chi connectivity index (χ1v) is 5.27. The SMILES string of the molecule is C=C(C)C(=O)N[N+](C)(C)C(CO)CCC. The Morgan fingerprint density at radius 2 is 2.07 bits per heavy atom. The molecule has 0 saturated heterocycles. The van der Waals surface area contributed by atoms with Gasteiger partial charge in [-0.05, 0) is 6.92 Å². The summed E-state index contributed by atoms with van der Waals surface area (Å²) >= 11 is 0. The maximum atomic E-state index is 11.5. The van der Waals surface area contributed by atoms with Gasteiger partial charge in [-0.1, -0.05) is 19.9 Å². The summed E-state index contributed by atoms with van der Waals surface area (Å²) in [6.45, 7) is 7.38. The van der Waals surface area contributed by atoms with Crippen LogP contribution in [-0.4, -0.2) is 42.3 Å². The van der Waals surface area contributed by atoms with Crippen LogP contribution in [0.2, 0.25) is 0 Å². The van der Waals surface area contributed by atoms with Crippen molar-refractivity contribution in [1.29, 1.82) is 0 Å². The number of nitrogens with one attached hydrogen (secondary N) is 1. The molecule has 1 unspecified atom stereocenters. The number of aliphatic hydroxyl groups excluding tert-OH is 1. The minimum Gasteiger partial charge on any atom is -0.390 e. The van der Waals surface area contributed by atoms with Gasteiger partial charge >= 0.3 is 0 Å². The van der Waals surface area contributed by atoms with E-state index in [0.717, 1.165) is 12.8 Å². The highest BCUT2D eigenvalue weighted by atomic mass is 16.3. The quantitative estimate of drug-likeness (QED) is 0.392. The van der Waals surface area contributed by atoms with Crippen LogP contribution in [0.5, 0.6) is 0 Å². The molecule has 0 aromatic carbocycles. The number of amides is 1. The molecule has 4 heteroatoms. The van der Waals surface area contributed by atoms with E-state index in [1.165, 1.54) is 0 Å². The maximum absolute atomic E-state index is 11.5. The van der Waals surface area contributed by atoms with Crippen molar-refractivity contribution in [3.63, 3.8) is 0 Å². The third kappa shape index (κ3) is 4.44. The molecule has 4 nitrogen and oxygen atoms in total. The molecule has 0 aromatic heterocycles. The molecular formula is C11H23N2O2+. The lowest BCUT2D eigenvalue weighted by Gasteiger charge is -2.36. The molecule has 15 heavy (non-hydrogen) atoms. The second kappa shape index (κ2) is 5.88. The summed E-state index contributed by atoms with van der Waals surface area (Å²) in [7, 11) is 3.74. The van der Waals surface area contributed by atoms with Gasteiger partial charge in [0.25, 0.3) is 5.91 Å². The number of quaternary nitrogens is 1. The number of nitrogens with zero attached hydrogens (tertiary/aromatic N) is 1. The van der Waals surface area contributed by atoms with Gasteiger partial charge in [-0.3, -0.25) is 4.79 Å². The van der Waals surface area contributed by atoms with Crippen molar-refractivity contribution in [3.05, 3.63) is 12.2 Å². The monoisotopic (exact) mass is 215 g/mol. The average molecular weight is 215 g/mol. The van der Waals surface area contributed by atoms with E-state index >= 15 is 0 Å². The summed E-state index contributed by atoms with van der Waals surface area (Å²) in [5.74, 6) is -0.172. The van der Waals surface area contributed by atoms with Crippen LogP contribution in [0.1, 0.15) is 26.7 Å². The Labute approximate surface area is 92.1 Å². The Hall–Kier alpha value is -0.870. The van der Waals surface area contributed by atoms with Crippen LogP contribution >= 0.6 is 0 Å². The van der Waals surface area contributed by atoms with Crippen molar-refractivity contribution < 1.29 is 14.5 Å². The van der Waals surface area contributed by atoms with E-state index in [0.29, 0.717) is 5.57 Å². The van der Waals surface area contributed by atoms with E-state index in [2.05, 4.69) is 18.9 Å². The summed E-state index contributed by atoms with van der Waals surface area (Å²) in [5.41, 5.74) is 3.31. The molecule has 0 aliphatic rings. The fourth-order valence-electron chi connectivity index (χ4n) is 1.40. The zero-order valence-electron chi connectivity index (χ0n) is 10.2. The Bertz CT molecular complexity index is 237. The molecule has 0 aromatic rings. The number of rotatable bonds is 6. The van der Waals surface area contributed by atoms with Crippen LogP contribution < -0.4 is 5.43 Å². The topological polar surface area (TPSA) is 49.3 Å². The molecular weight excluding hydrogens is 192 g/mol. The molecule has 0 aliphatic carbocycles. The predicted molar refractivity (Wildman–Crippen MR) is 60.8 cm³/mol. The van der Waals surface area contributed by atoms with Crippen molar-refractivity contribution in [2.24, 2.45) is 0 Å². The minimum absolute atomic E-state index is 0.0262. The lowest BCUT2D eigenvalue weighted by Crippen LogP contribution is -2.61. The zero-order chi connectivity index (χ0) is 12.1. The van der Waals surface area contributed by atoms with Gasteiger partial charge in [0.2, 0.25) is 0 Å². The van der Waals surface area contributed by atoms with E-state index in [4.69, 9.17) is 0 Å². The zero-order valence-corrected chi connectivity index (χ0v) is 10.2. The smallest absolute Gasteiger partial charge is 0.290 e. The molecule has 0 aliphatic heterocycles. The molecule has 0 rings (SSSR count). The fraction of sp³-hybridized carbons (Fsp3) is 0.727. The van der Waals surface area contributed by atoms with Gasteiger partial charge in [0.05, 0.1) is 20.7 Å². The van der Waals surface area contributed by atoms with Crippen LogP contribution in [0.15, 0.2) is 12.2 Å². The molecule has 1 amide bonds. The van der Waals surface area contributed by atoms with E-state index < -0.39 is 0 Å². The lowest BCUT2D eigenvalue weighted by atomic mass is 10.1. The molecule has 0 fully saturated rings. The fourth-order valence-corrected chi connectivity index (χ4v) is 1.40. The maximum Gasteiger partial charge on any atom is 0.290 e. The molecule has 88 valence electrons. The van der Waals surface area contributed by atoms with E-state index in [1.54, 1.807) is 6.92 Å². The highest BCUT2D eigenvalue weighted by Crippen LogP contribution is 2.09. The summed E-state index contributed by atoms with van der Waals surface area (Å²) in [6.07, 6.45) is 1.86. The number of carbonyl (C=O) groups excluding carboxylic acids is 1. The normalized spacial score (nSPS) is 13.4. The van der Waals surface area contributed by atoms with Gasteiger partial charge in [0.15, 0.2) is 0 Å². The van der Waals surface area contributed by atoms with E-state index in [1.807, 2.05) is 14.1 Å². The first-order valence-electron chi connectivity index (χ1n) is 5.27. The average Bonchev–Trinajstić information content (AvgIpc) is 2.12. The molecule has 0 bridgehead atoms. The molecule has 2 N–H and O–H groups in total. The van der Waals surface area contributed by atoms with Crippen molar-refractivity contribution in [1.82, 2.24) is 5.43 Å². The Balaban J connectivity index is 4.49. The van der Waals surface area contributed by atoms with Crippen LogP contribution in [0, 0.1) is 0 Å². The van der Waals surface area contributed by atoms with Gasteiger partial charge < -0.3 is 5.11 Å². The molecule has 0 heterocycles. The Kier molecular flexibility index (Phi) is 5.54. The summed E-state index contributed by atoms with van der Waals surface area (Å²) in [5, 5.41) is 9.25. The van der Waals surface area contributed by atoms with Gasteiger partial charge in [0.1, 0.15) is 6.04 Å². The summed E-state index contributed by atoms with van der Waals surface area (Å²) < 4.78 is 0.288. The second-order valence-corrected chi connectivity index (χ2v) is 4.39. The third-order valence-corrected chi connectivity index (χ3v) is 2.52. The summed E-state index contributed by atoms with van der Waals surface area (Å²) in [4.78, 5) is 11.5. The lowest BCUT2D eigenvalue weighted by molar-refractivity contribution is -0.949. The summed E-state index contributed by atoms with van der Waals surface area (Å²) in [6, 6.07) is 0.0262. The van der Waals surface area contributed by atoms with E-state index in [-0.39, 0.29) is 23.1 Å². The van der Waals surface area contributed by atoms with Crippen LogP contribution in [0.25, 0.3) is 0 Å². The predicted octanol–water partition coefficient (Wildman–Crippen LogP) is 0.831. The van der Waals surface area contributed by atoms with Gasteiger partial charge in [0, 0.05) is 12.0 Å². The molecule has 0 saturated carbocycles. The largest absolute Gasteiger partial charge is 0.390 e. The van der Waals surface area contributed by atoms with Gasteiger partial charge in [-0.15, -0.1) is 0 Å². The number of hydrogen-bond acceptors (Lipinski definition) is 2. The van der Waals surface area contributed by atoms with Crippen molar-refractivity contribution in [2.45, 2.75) is 32.7 Å². The number of hydrogen-bond donors (Lipinski definition) is 2. The van der Waals surface area contributed by atoms with Crippen LogP contribution in [0.3, 0.4) is 0 Å². The number of carbonyl (C=O) groups is 1. The highest BCUT2D eigenvalue weighted by molar-refractivity contribution is 5.91. The van der Waals surface area contributed by atoms with Gasteiger partial charge in [-0.2, -0.15) is 5.43 Å². The molecule has 0 spiro atoms. The van der Waals surface area contributed by atoms with E-state index in [9.17, 15) is 9.90 Å². The molecule has 0 radical (unpaired) electrons. The van der Waals surface area contributed by atoms with Crippen molar-refractivity contribution in [3.8, 4) is 0 Å². The Morgan fingerprint density at radius 1 is 1.53 bits per heavy atom. The molecule has 1 atom stereocenters. The third-order valence-electron chi connectivity index (χ3n) is 2.52. The number of likely N-dealkylation sites (N-methyl/N-ethyl adjacent to an activating group) is 1. The van der Waals surface area contributed by atoms with Crippen LogP contribution in [-0.2, 0) is 4.79 Å². The Morgan fingerprint density at radius 3 is 2.40 bits per heavy atom. The van der Waals surface area contributed by atoms with Crippen LogP contribution in [0.4, 0.5) is 0 Å². The number of aliphatic hydroxyl groups is 1.